The summed E-state index contributed by atoms with van der Waals surface area (Å²) in [5, 5.41) is 4.64. The third-order valence-corrected chi connectivity index (χ3v) is 5.39. The highest BCUT2D eigenvalue weighted by atomic mass is 35.5. The number of anilines is 1. The fraction of sp³-hybridized carbons (Fsp3) is 0.300. The molecule has 3 atom stereocenters. The van der Waals surface area contributed by atoms with E-state index >= 15 is 0 Å². The van der Waals surface area contributed by atoms with Crippen molar-refractivity contribution in [3.63, 3.8) is 0 Å². The summed E-state index contributed by atoms with van der Waals surface area (Å²) < 4.78 is 0. The van der Waals surface area contributed by atoms with Crippen molar-refractivity contribution in [1.29, 1.82) is 0 Å². The smallest absolute Gasteiger partial charge is 0.0554 e. The molecule has 0 amide bonds. The van der Waals surface area contributed by atoms with Gasteiger partial charge in [-0.15, -0.1) is 0 Å². The van der Waals surface area contributed by atoms with Gasteiger partial charge in [0, 0.05) is 16.6 Å². The lowest BCUT2D eigenvalue weighted by atomic mass is 9.75. The second-order valence-corrected chi connectivity index (χ2v) is 6.95. The molecule has 0 spiro atoms. The van der Waals surface area contributed by atoms with Gasteiger partial charge >= 0.3 is 0 Å². The monoisotopic (exact) mass is 309 g/mol. The van der Waals surface area contributed by atoms with Gasteiger partial charge in [-0.3, -0.25) is 0 Å². The number of fused-ring (bicyclic) bond motifs is 3. The Kier molecular flexibility index (Phi) is 3.27. The van der Waals surface area contributed by atoms with Crippen LogP contribution in [0.3, 0.4) is 0 Å². The van der Waals surface area contributed by atoms with Crippen LogP contribution in [0.25, 0.3) is 0 Å². The fourth-order valence-corrected chi connectivity index (χ4v) is 4.27. The topological polar surface area (TPSA) is 12.0 Å². The molecule has 0 saturated heterocycles. The van der Waals surface area contributed by atoms with Crippen molar-refractivity contribution >= 4 is 17.3 Å². The average Bonchev–Trinajstić information content (AvgIpc) is 2.99. The molecule has 2 heteroatoms. The first-order valence-electron chi connectivity index (χ1n) is 7.94. The van der Waals surface area contributed by atoms with Crippen molar-refractivity contribution < 1.29 is 0 Å². The molecule has 112 valence electrons. The normalized spacial score (nSPS) is 25.5. The first-order valence-corrected chi connectivity index (χ1v) is 8.31. The highest BCUT2D eigenvalue weighted by molar-refractivity contribution is 6.30. The van der Waals surface area contributed by atoms with Crippen LogP contribution in [0.5, 0.6) is 0 Å². The van der Waals surface area contributed by atoms with Crippen LogP contribution in [-0.2, 0) is 0 Å². The molecule has 2 aromatic carbocycles. The van der Waals surface area contributed by atoms with Crippen molar-refractivity contribution in [2.75, 3.05) is 5.32 Å². The van der Waals surface area contributed by atoms with Crippen LogP contribution in [0.1, 0.15) is 40.6 Å². The summed E-state index contributed by atoms with van der Waals surface area (Å²) in [5.41, 5.74) is 6.80. The van der Waals surface area contributed by atoms with Gasteiger partial charge in [-0.05, 0) is 60.6 Å². The Morgan fingerprint density at radius 3 is 2.73 bits per heavy atom. The first-order chi connectivity index (χ1) is 10.6. The van der Waals surface area contributed by atoms with E-state index in [0.29, 0.717) is 17.9 Å². The zero-order valence-corrected chi connectivity index (χ0v) is 13.7. The minimum atomic E-state index is 0.326. The SMILES string of the molecule is Cc1ccc(C)c2c1N[C@H](c1cccc(Cl)c1)[C@@H]1CC=C[C@@H]21. The molecule has 0 radical (unpaired) electrons. The quantitative estimate of drug-likeness (QED) is 0.658. The molecule has 2 aromatic rings. The van der Waals surface area contributed by atoms with E-state index in [9.17, 15) is 0 Å². The summed E-state index contributed by atoms with van der Waals surface area (Å²) in [5.74, 6) is 1.09. The Balaban J connectivity index is 1.86. The van der Waals surface area contributed by atoms with Gasteiger partial charge in [-0.1, -0.05) is 48.0 Å². The van der Waals surface area contributed by atoms with Crippen LogP contribution in [0.15, 0.2) is 48.6 Å². The number of nitrogens with one attached hydrogen (secondary N) is 1. The summed E-state index contributed by atoms with van der Waals surface area (Å²) in [6, 6.07) is 13.1. The average molecular weight is 310 g/mol. The van der Waals surface area contributed by atoms with Crippen molar-refractivity contribution in [1.82, 2.24) is 0 Å². The van der Waals surface area contributed by atoms with Crippen molar-refractivity contribution in [3.8, 4) is 0 Å². The minimum absolute atomic E-state index is 0.326. The molecule has 0 bridgehead atoms. The number of halogens is 1. The first kappa shape index (κ1) is 13.9. The molecule has 0 unspecified atom stereocenters. The Bertz CT molecular complexity index is 762. The van der Waals surface area contributed by atoms with Crippen LogP contribution < -0.4 is 5.32 Å². The molecule has 0 fully saturated rings. The van der Waals surface area contributed by atoms with Gasteiger partial charge in [0.1, 0.15) is 0 Å². The number of hydrogen-bond acceptors (Lipinski definition) is 1. The zero-order chi connectivity index (χ0) is 15.3. The zero-order valence-electron chi connectivity index (χ0n) is 12.9. The van der Waals surface area contributed by atoms with E-state index in [1.165, 1.54) is 27.9 Å². The highest BCUT2D eigenvalue weighted by Crippen LogP contribution is 2.51. The van der Waals surface area contributed by atoms with E-state index in [0.717, 1.165) is 11.4 Å². The fourth-order valence-electron chi connectivity index (χ4n) is 4.07. The number of hydrogen-bond donors (Lipinski definition) is 1. The summed E-state index contributed by atoms with van der Waals surface area (Å²) in [6.45, 7) is 4.42. The second-order valence-electron chi connectivity index (χ2n) is 6.52. The Labute approximate surface area is 137 Å². The number of rotatable bonds is 1. The van der Waals surface area contributed by atoms with Crippen molar-refractivity contribution in [3.05, 3.63) is 75.8 Å². The van der Waals surface area contributed by atoms with Gasteiger partial charge in [0.15, 0.2) is 0 Å². The number of allylic oxidation sites excluding steroid dienone is 2. The van der Waals surface area contributed by atoms with Crippen LogP contribution >= 0.6 is 11.6 Å². The second kappa shape index (κ2) is 5.17. The van der Waals surface area contributed by atoms with Gasteiger partial charge in [0.05, 0.1) is 6.04 Å². The van der Waals surface area contributed by atoms with Crippen molar-refractivity contribution in [2.45, 2.75) is 32.2 Å². The van der Waals surface area contributed by atoms with Crippen LogP contribution in [-0.4, -0.2) is 0 Å². The molecular formula is C20H20ClN. The Morgan fingerprint density at radius 2 is 1.91 bits per heavy atom. The van der Waals surface area contributed by atoms with Gasteiger partial charge in [-0.2, -0.15) is 0 Å². The molecular weight excluding hydrogens is 290 g/mol. The van der Waals surface area contributed by atoms with E-state index in [1.807, 2.05) is 6.07 Å². The Morgan fingerprint density at radius 1 is 1.09 bits per heavy atom. The van der Waals surface area contributed by atoms with Gasteiger partial charge in [0.2, 0.25) is 0 Å². The highest BCUT2D eigenvalue weighted by Gasteiger charge is 2.39. The van der Waals surface area contributed by atoms with E-state index in [1.54, 1.807) is 0 Å². The third-order valence-electron chi connectivity index (χ3n) is 5.15. The summed E-state index contributed by atoms with van der Waals surface area (Å²) in [6.07, 6.45) is 5.86. The van der Waals surface area contributed by atoms with Gasteiger partial charge < -0.3 is 5.32 Å². The van der Waals surface area contributed by atoms with E-state index in [2.05, 4.69) is 61.6 Å². The van der Waals surface area contributed by atoms with E-state index in [-0.39, 0.29) is 0 Å². The molecule has 0 aromatic heterocycles. The van der Waals surface area contributed by atoms with E-state index in [4.69, 9.17) is 11.6 Å². The molecule has 22 heavy (non-hydrogen) atoms. The lowest BCUT2D eigenvalue weighted by Crippen LogP contribution is -2.30. The molecule has 4 rings (SSSR count). The minimum Gasteiger partial charge on any atom is -0.377 e. The van der Waals surface area contributed by atoms with Gasteiger partial charge in [0.25, 0.3) is 0 Å². The molecule has 1 heterocycles. The van der Waals surface area contributed by atoms with Crippen LogP contribution in [0, 0.1) is 19.8 Å². The summed E-state index contributed by atoms with van der Waals surface area (Å²) in [4.78, 5) is 0. The molecule has 0 saturated carbocycles. The van der Waals surface area contributed by atoms with Crippen LogP contribution in [0.2, 0.25) is 5.02 Å². The molecule has 2 aliphatic rings. The standard InChI is InChI=1S/C20H20ClN/c1-12-9-10-13(2)19-18(12)16-7-4-8-17(16)20(22-19)14-5-3-6-15(21)11-14/h3-7,9-11,16-17,20,22H,8H2,1-2H3/t16-,17-,20-/m1/s1. The lowest BCUT2D eigenvalue weighted by Gasteiger charge is -2.39. The maximum absolute atomic E-state index is 6.22. The molecule has 1 nitrogen and oxygen atoms in total. The number of benzene rings is 2. The summed E-state index contributed by atoms with van der Waals surface area (Å²) >= 11 is 6.22. The van der Waals surface area contributed by atoms with Gasteiger partial charge in [-0.25, -0.2) is 0 Å². The Hall–Kier alpha value is -1.73. The maximum Gasteiger partial charge on any atom is 0.0554 e. The molecule has 1 N–H and O–H groups in total. The van der Waals surface area contributed by atoms with E-state index < -0.39 is 0 Å². The molecule has 1 aliphatic carbocycles. The summed E-state index contributed by atoms with van der Waals surface area (Å²) in [7, 11) is 0. The third kappa shape index (κ3) is 2.07. The largest absolute Gasteiger partial charge is 0.377 e. The van der Waals surface area contributed by atoms with Crippen molar-refractivity contribution in [2.24, 2.45) is 5.92 Å². The van der Waals surface area contributed by atoms with Crippen LogP contribution in [0.4, 0.5) is 5.69 Å². The predicted octanol–water partition coefficient (Wildman–Crippen LogP) is 5.78. The molecule has 1 aliphatic heterocycles. The lowest BCUT2D eigenvalue weighted by molar-refractivity contribution is 0.424. The number of aryl methyl sites for hydroxylation is 2. The maximum atomic E-state index is 6.22. The predicted molar refractivity (Wildman–Crippen MR) is 93.7 cm³/mol.